The third kappa shape index (κ3) is 11.9. The largest absolute Gasteiger partial charge is 0.505 e. The number of sulfone groups is 2. The van der Waals surface area contributed by atoms with E-state index in [2.05, 4.69) is 43.4 Å². The summed E-state index contributed by atoms with van der Waals surface area (Å²) in [6.45, 7) is -0.891. The third-order valence-corrected chi connectivity index (χ3v) is 13.6. The maximum Gasteiger partial charge on any atom is 0.397 e. The van der Waals surface area contributed by atoms with Crippen LogP contribution in [0.2, 0.25) is 0 Å². The van der Waals surface area contributed by atoms with Crippen LogP contribution < -0.4 is 10.5 Å². The van der Waals surface area contributed by atoms with Crippen molar-refractivity contribution in [3.63, 3.8) is 0 Å². The van der Waals surface area contributed by atoms with Gasteiger partial charge in [0.05, 0.1) is 74.5 Å². The van der Waals surface area contributed by atoms with Gasteiger partial charge in [0, 0.05) is 0 Å². The third-order valence-electron chi connectivity index (χ3n) is 7.18. The monoisotopic (exact) mass is 933 g/mol. The van der Waals surface area contributed by atoms with E-state index in [-0.39, 0.29) is 54.6 Å². The molecular weight excluding hydrogens is 907 g/mol. The molecule has 4 aromatic carbocycles. The Labute approximate surface area is 334 Å². The standard InChI is InChI=1S/C27H27N5O20S6/c1-47-20-7-6-18(56(39,40)11-9-54(36)52-50-35)14-19(20)30-31-25-21(53-51-49-34)12-15-13-22(57(41,42)43)26(24(28)23(15)27(25)33)32-29-16-2-4-17(5-3-16)55(37,38)10-8-48-58(44,45)46/h2-7,12-14,33-35H,8-11,28H2,1H3,(H,41,42,43)(H,44,45,46)/b31-30+,32-29+. The number of aromatic hydroxyl groups is 1. The van der Waals surface area contributed by atoms with Gasteiger partial charge in [-0.2, -0.15) is 21.9 Å². The van der Waals surface area contributed by atoms with Crippen LogP contribution >= 0.6 is 12.0 Å². The van der Waals surface area contributed by atoms with Crippen LogP contribution in [0, 0.1) is 0 Å². The highest BCUT2D eigenvalue weighted by atomic mass is 32.3. The van der Waals surface area contributed by atoms with E-state index in [4.69, 9.17) is 25.5 Å². The van der Waals surface area contributed by atoms with Crippen LogP contribution in [-0.4, -0.2) is 93.6 Å². The quantitative estimate of drug-likeness (QED) is 0.0181. The molecular formula is C27H27N5O20S6. The number of methoxy groups -OCH3 is 1. The molecule has 316 valence electrons. The summed E-state index contributed by atoms with van der Waals surface area (Å²) in [6, 6.07) is 9.58. The van der Waals surface area contributed by atoms with Crippen LogP contribution in [0.15, 0.2) is 94.6 Å². The maximum atomic E-state index is 12.9. The Kier molecular flexibility index (Phi) is 15.3. The minimum atomic E-state index is -5.15. The Balaban J connectivity index is 1.81. The number of phenols is 1. The first kappa shape index (κ1) is 46.4. The molecule has 0 aliphatic rings. The SMILES string of the molecule is COc1ccc(S(=O)(=O)CCS(=O)OOO)cc1/N=N/c1c(SOOO)cc2cc(S(=O)(=O)O)c(/N=N/c3ccc(S(=O)(=O)CCOS(=O)(=O)O)cc3)c(N)c2c1O. The van der Waals surface area contributed by atoms with E-state index in [1.165, 1.54) is 13.2 Å². The Bertz CT molecular complexity index is 2710. The Morgan fingerprint density at radius 1 is 0.793 bits per heavy atom. The van der Waals surface area contributed by atoms with Crippen molar-refractivity contribution in [2.24, 2.45) is 20.5 Å². The van der Waals surface area contributed by atoms with Crippen molar-refractivity contribution in [3.8, 4) is 11.5 Å². The lowest BCUT2D eigenvalue weighted by molar-refractivity contribution is -0.434. The van der Waals surface area contributed by atoms with E-state index >= 15 is 0 Å². The normalized spacial score (nSPS) is 13.5. The number of ether oxygens (including phenoxy) is 1. The first-order chi connectivity index (χ1) is 27.1. The zero-order chi connectivity index (χ0) is 43.1. The molecule has 0 radical (unpaired) electrons. The predicted octanol–water partition coefficient (Wildman–Crippen LogP) is 4.09. The number of nitrogen functional groups attached to an aromatic ring is 1. The second-order valence-corrected chi connectivity index (χ2v) is 19.4. The molecule has 0 saturated heterocycles. The molecule has 4 aromatic rings. The molecule has 0 aromatic heterocycles. The number of anilines is 1. The van der Waals surface area contributed by atoms with Gasteiger partial charge in [0.1, 0.15) is 27.7 Å². The Morgan fingerprint density at radius 2 is 1.43 bits per heavy atom. The van der Waals surface area contributed by atoms with E-state index in [0.717, 1.165) is 48.5 Å². The second kappa shape index (κ2) is 19.2. The van der Waals surface area contributed by atoms with Gasteiger partial charge in [0.15, 0.2) is 36.5 Å². The number of nitrogens with zero attached hydrogens (tertiary/aromatic N) is 4. The summed E-state index contributed by atoms with van der Waals surface area (Å²) in [5, 5.41) is 50.5. The molecule has 31 heteroatoms. The molecule has 1 atom stereocenters. The minimum absolute atomic E-state index is 0.0375. The lowest BCUT2D eigenvalue weighted by Gasteiger charge is -2.14. The van der Waals surface area contributed by atoms with Crippen LogP contribution in [0.25, 0.3) is 10.8 Å². The van der Waals surface area contributed by atoms with Gasteiger partial charge in [-0.15, -0.1) is 24.0 Å². The predicted molar refractivity (Wildman–Crippen MR) is 198 cm³/mol. The zero-order valence-electron chi connectivity index (χ0n) is 28.7. The van der Waals surface area contributed by atoms with Gasteiger partial charge < -0.3 is 15.6 Å². The molecule has 0 heterocycles. The maximum absolute atomic E-state index is 12.9. The fourth-order valence-corrected chi connectivity index (χ4v) is 9.64. The second-order valence-electron chi connectivity index (χ2n) is 10.8. The van der Waals surface area contributed by atoms with E-state index < -0.39 is 103 Å². The molecule has 0 fully saturated rings. The van der Waals surface area contributed by atoms with Crippen LogP contribution in [0.3, 0.4) is 0 Å². The lowest BCUT2D eigenvalue weighted by atomic mass is 10.1. The Hall–Kier alpha value is -4.32. The molecule has 25 nitrogen and oxygen atoms in total. The highest BCUT2D eigenvalue weighted by Gasteiger charge is 2.26. The average Bonchev–Trinajstić information content (AvgIpc) is 3.14. The highest BCUT2D eigenvalue weighted by Crippen LogP contribution is 2.50. The molecule has 0 spiro atoms. The molecule has 0 amide bonds. The van der Waals surface area contributed by atoms with Crippen LogP contribution in [0.4, 0.5) is 28.4 Å². The summed E-state index contributed by atoms with van der Waals surface area (Å²) in [7, 11) is -17.1. The summed E-state index contributed by atoms with van der Waals surface area (Å²) in [5.41, 5.74) is 4.11. The average molecular weight is 934 g/mol. The summed E-state index contributed by atoms with van der Waals surface area (Å²) >= 11 is -2.11. The molecule has 0 aliphatic heterocycles. The Morgan fingerprint density at radius 3 is 2.03 bits per heavy atom. The fraction of sp³-hybridized carbons (Fsp3) is 0.185. The van der Waals surface area contributed by atoms with E-state index in [1.807, 2.05) is 0 Å². The van der Waals surface area contributed by atoms with Crippen molar-refractivity contribution in [1.29, 1.82) is 0 Å². The van der Waals surface area contributed by atoms with Crippen LogP contribution in [0.5, 0.6) is 11.5 Å². The molecule has 0 saturated carbocycles. The van der Waals surface area contributed by atoms with Gasteiger partial charge in [0.2, 0.25) is 0 Å². The number of benzene rings is 4. The fourth-order valence-electron chi connectivity index (χ4n) is 4.63. The molecule has 7 N–H and O–H groups in total. The number of hydrogen-bond acceptors (Lipinski definition) is 24. The van der Waals surface area contributed by atoms with E-state index in [9.17, 15) is 47.5 Å². The van der Waals surface area contributed by atoms with Crippen LogP contribution in [0.1, 0.15) is 0 Å². The molecule has 1 unspecified atom stereocenters. The number of rotatable bonds is 20. The van der Waals surface area contributed by atoms with Gasteiger partial charge in [-0.1, -0.05) is 10.1 Å². The number of azo groups is 2. The lowest BCUT2D eigenvalue weighted by Crippen LogP contribution is -2.15. The molecule has 58 heavy (non-hydrogen) atoms. The van der Waals surface area contributed by atoms with Gasteiger partial charge >= 0.3 is 10.4 Å². The number of nitrogens with two attached hydrogens (primary N) is 1. The van der Waals surface area contributed by atoms with Gasteiger partial charge in [0.25, 0.3) is 10.1 Å². The summed E-state index contributed by atoms with van der Waals surface area (Å²) in [4.78, 5) is -1.86. The molecule has 4 rings (SSSR count). The minimum Gasteiger partial charge on any atom is -0.505 e. The van der Waals surface area contributed by atoms with Crippen molar-refractivity contribution in [2.75, 3.05) is 36.7 Å². The van der Waals surface area contributed by atoms with Crippen molar-refractivity contribution in [3.05, 3.63) is 54.6 Å². The molecule has 0 bridgehead atoms. The number of phenolic OH excluding ortho intramolecular Hbond substituents is 1. The first-order valence-corrected chi connectivity index (χ1v) is 23.0. The van der Waals surface area contributed by atoms with Gasteiger partial charge in [-0.05, 0) is 60.0 Å². The summed E-state index contributed by atoms with van der Waals surface area (Å²) in [5.74, 6) is -3.07. The molecule has 0 aliphatic carbocycles. The first-order valence-electron chi connectivity index (χ1n) is 14.9. The number of hydrogen-bond donors (Lipinski definition) is 6. The van der Waals surface area contributed by atoms with Gasteiger partial charge in [-0.25, -0.2) is 35.7 Å². The highest BCUT2D eigenvalue weighted by molar-refractivity contribution is 7.94. The van der Waals surface area contributed by atoms with Crippen molar-refractivity contribution >= 4 is 103 Å². The summed E-state index contributed by atoms with van der Waals surface area (Å²) in [6.07, 6.45) is 0. The smallest absolute Gasteiger partial charge is 0.397 e. The van der Waals surface area contributed by atoms with Crippen molar-refractivity contribution in [1.82, 2.24) is 0 Å². The topological polar surface area (TPSA) is 386 Å². The van der Waals surface area contributed by atoms with Crippen molar-refractivity contribution in [2.45, 2.75) is 19.6 Å². The summed E-state index contributed by atoms with van der Waals surface area (Å²) < 4.78 is 145. The van der Waals surface area contributed by atoms with Crippen molar-refractivity contribution < 1.29 is 90.3 Å². The van der Waals surface area contributed by atoms with E-state index in [1.54, 1.807) is 0 Å². The van der Waals surface area contributed by atoms with E-state index in [0.29, 0.717) is 0 Å². The van der Waals surface area contributed by atoms with Crippen LogP contribution in [-0.2, 0) is 74.2 Å². The number of fused-ring (bicyclic) bond motifs is 1. The van der Waals surface area contributed by atoms with Gasteiger partial charge in [-0.3, -0.25) is 9.11 Å². The zero-order valence-corrected chi connectivity index (χ0v) is 33.6.